The first-order valence-electron chi connectivity index (χ1n) is 11.1. The molecule has 1 heterocycles. The zero-order chi connectivity index (χ0) is 23.3. The van der Waals surface area contributed by atoms with Gasteiger partial charge in [0.05, 0.1) is 11.4 Å². The van der Waals surface area contributed by atoms with Gasteiger partial charge in [0.25, 0.3) is 5.91 Å². The highest BCUT2D eigenvalue weighted by molar-refractivity contribution is 7.89. The Bertz CT molecular complexity index is 1200. The molecule has 174 valence electrons. The number of ether oxygens (including phenoxy) is 2. The molecule has 0 aromatic heterocycles. The second-order valence-electron chi connectivity index (χ2n) is 7.99. The smallest absolute Gasteiger partial charge is 0.260 e. The van der Waals surface area contributed by atoms with Gasteiger partial charge in [-0.05, 0) is 66.9 Å². The van der Waals surface area contributed by atoms with Gasteiger partial charge in [0.1, 0.15) is 18.1 Å². The van der Waals surface area contributed by atoms with Crippen LogP contribution >= 0.6 is 0 Å². The van der Waals surface area contributed by atoms with Gasteiger partial charge >= 0.3 is 0 Å². The van der Waals surface area contributed by atoms with Crippen molar-refractivity contribution >= 4 is 26.7 Å². The van der Waals surface area contributed by atoms with Gasteiger partial charge in [-0.15, -0.1) is 0 Å². The third kappa shape index (κ3) is 5.64. The summed E-state index contributed by atoms with van der Waals surface area (Å²) in [6, 6.07) is 20.1. The van der Waals surface area contributed by atoms with E-state index >= 15 is 0 Å². The van der Waals surface area contributed by atoms with E-state index in [0.717, 1.165) is 23.6 Å². The van der Waals surface area contributed by atoms with Crippen molar-refractivity contribution in [1.82, 2.24) is 9.62 Å². The monoisotopic (exact) mass is 468 g/mol. The third-order valence-electron chi connectivity index (χ3n) is 5.60. The third-order valence-corrected chi connectivity index (χ3v) is 7.51. The quantitative estimate of drug-likeness (QED) is 0.485. The van der Waals surface area contributed by atoms with E-state index in [4.69, 9.17) is 9.47 Å². The highest BCUT2D eigenvalue weighted by Gasteiger charge is 2.26. The maximum atomic E-state index is 12.6. The van der Waals surface area contributed by atoms with Crippen LogP contribution in [0, 0.1) is 0 Å². The van der Waals surface area contributed by atoms with Crippen molar-refractivity contribution < 1.29 is 22.7 Å². The summed E-state index contributed by atoms with van der Waals surface area (Å²) in [5.74, 6) is 0.945. The highest BCUT2D eigenvalue weighted by Crippen LogP contribution is 2.23. The Morgan fingerprint density at radius 3 is 2.36 bits per heavy atom. The van der Waals surface area contributed by atoms with Crippen molar-refractivity contribution in [2.24, 2.45) is 0 Å². The molecule has 0 aliphatic carbocycles. The summed E-state index contributed by atoms with van der Waals surface area (Å²) < 4.78 is 38.1. The highest BCUT2D eigenvalue weighted by atomic mass is 32.2. The largest absolute Gasteiger partial charge is 0.492 e. The standard InChI is InChI=1S/C25H28N2O5S/c1-19(32-23-9-8-20-6-2-3-7-21(20)18-23)25(28)26-14-17-31-22-10-12-24(13-11-22)33(29,30)27-15-4-5-16-27/h2-3,6-13,18-19H,4-5,14-17H2,1H3,(H,26,28)/t19-/m1/s1. The van der Waals surface area contributed by atoms with Crippen LogP contribution in [0.15, 0.2) is 71.6 Å². The average molecular weight is 469 g/mol. The fraction of sp³-hybridized carbons (Fsp3) is 0.320. The van der Waals surface area contributed by atoms with Crippen LogP contribution < -0.4 is 14.8 Å². The Balaban J connectivity index is 1.22. The van der Waals surface area contributed by atoms with Gasteiger partial charge in [0.2, 0.25) is 10.0 Å². The molecule has 4 rings (SSSR count). The van der Waals surface area contributed by atoms with Crippen LogP contribution in [0.2, 0.25) is 0 Å². The van der Waals surface area contributed by atoms with Crippen molar-refractivity contribution in [2.45, 2.75) is 30.8 Å². The lowest BCUT2D eigenvalue weighted by Crippen LogP contribution is -2.38. The number of hydrogen-bond donors (Lipinski definition) is 1. The van der Waals surface area contributed by atoms with E-state index in [1.54, 1.807) is 31.2 Å². The molecule has 1 saturated heterocycles. The van der Waals surface area contributed by atoms with E-state index in [2.05, 4.69) is 5.32 Å². The molecular weight excluding hydrogens is 440 g/mol. The number of hydrogen-bond acceptors (Lipinski definition) is 5. The van der Waals surface area contributed by atoms with Crippen molar-refractivity contribution in [3.05, 3.63) is 66.7 Å². The number of fused-ring (bicyclic) bond motifs is 1. The number of nitrogens with zero attached hydrogens (tertiary/aromatic N) is 1. The fourth-order valence-electron chi connectivity index (χ4n) is 3.77. The SMILES string of the molecule is C[C@@H](Oc1ccc2ccccc2c1)C(=O)NCCOc1ccc(S(=O)(=O)N2CCCC2)cc1. The minimum Gasteiger partial charge on any atom is -0.492 e. The van der Waals surface area contributed by atoms with Crippen molar-refractivity contribution in [3.8, 4) is 11.5 Å². The van der Waals surface area contributed by atoms with Crippen LogP contribution in [-0.4, -0.2) is 51.0 Å². The van der Waals surface area contributed by atoms with Gasteiger partial charge in [-0.2, -0.15) is 4.31 Å². The molecule has 7 nitrogen and oxygen atoms in total. The lowest BCUT2D eigenvalue weighted by Gasteiger charge is -2.16. The molecule has 1 aliphatic rings. The molecule has 3 aromatic carbocycles. The predicted octanol–water partition coefficient (Wildman–Crippen LogP) is 3.59. The first kappa shape index (κ1) is 23.1. The van der Waals surface area contributed by atoms with Crippen LogP contribution in [0.3, 0.4) is 0 Å². The van der Waals surface area contributed by atoms with E-state index in [1.165, 1.54) is 4.31 Å². The molecule has 0 saturated carbocycles. The van der Waals surface area contributed by atoms with E-state index in [9.17, 15) is 13.2 Å². The number of benzene rings is 3. The summed E-state index contributed by atoms with van der Waals surface area (Å²) in [6.45, 7) is 3.40. The summed E-state index contributed by atoms with van der Waals surface area (Å²) >= 11 is 0. The summed E-state index contributed by atoms with van der Waals surface area (Å²) in [5.41, 5.74) is 0. The Labute approximate surface area is 194 Å². The molecule has 0 bridgehead atoms. The van der Waals surface area contributed by atoms with Gasteiger partial charge in [0, 0.05) is 13.1 Å². The summed E-state index contributed by atoms with van der Waals surface area (Å²) in [4.78, 5) is 12.6. The number of rotatable bonds is 9. The molecule has 8 heteroatoms. The second-order valence-corrected chi connectivity index (χ2v) is 9.93. The normalized spacial score (nSPS) is 15.3. The van der Waals surface area contributed by atoms with Gasteiger partial charge in [0.15, 0.2) is 6.10 Å². The van der Waals surface area contributed by atoms with E-state index in [0.29, 0.717) is 31.1 Å². The van der Waals surface area contributed by atoms with Gasteiger partial charge in [-0.1, -0.05) is 30.3 Å². The Hall–Kier alpha value is -3.10. The minimum absolute atomic E-state index is 0.237. The molecule has 1 aliphatic heterocycles. The first-order chi connectivity index (χ1) is 15.9. The fourth-order valence-corrected chi connectivity index (χ4v) is 5.29. The zero-order valence-electron chi connectivity index (χ0n) is 18.6. The first-order valence-corrected chi connectivity index (χ1v) is 12.5. The van der Waals surface area contributed by atoms with Crippen LogP contribution in [0.4, 0.5) is 0 Å². The van der Waals surface area contributed by atoms with E-state index in [-0.39, 0.29) is 17.4 Å². The number of amides is 1. The summed E-state index contributed by atoms with van der Waals surface area (Å²) in [5, 5.41) is 4.95. The van der Waals surface area contributed by atoms with E-state index in [1.807, 2.05) is 42.5 Å². The molecule has 33 heavy (non-hydrogen) atoms. The van der Waals surface area contributed by atoms with E-state index < -0.39 is 16.1 Å². The molecule has 1 amide bonds. The minimum atomic E-state index is -3.43. The molecule has 1 atom stereocenters. The predicted molar refractivity (Wildman–Crippen MR) is 127 cm³/mol. The van der Waals surface area contributed by atoms with Crippen LogP contribution in [0.5, 0.6) is 11.5 Å². The Morgan fingerprint density at radius 2 is 1.64 bits per heavy atom. The number of carbonyl (C=O) groups is 1. The summed E-state index contributed by atoms with van der Waals surface area (Å²) in [7, 11) is -3.43. The number of sulfonamides is 1. The van der Waals surface area contributed by atoms with Crippen LogP contribution in [-0.2, 0) is 14.8 Å². The number of nitrogens with one attached hydrogen (secondary N) is 1. The lowest BCUT2D eigenvalue weighted by atomic mass is 10.1. The molecule has 0 unspecified atom stereocenters. The van der Waals surface area contributed by atoms with Crippen molar-refractivity contribution in [2.75, 3.05) is 26.2 Å². The summed E-state index contributed by atoms with van der Waals surface area (Å²) in [6.07, 6.45) is 1.15. The maximum absolute atomic E-state index is 12.6. The van der Waals surface area contributed by atoms with Crippen LogP contribution in [0.1, 0.15) is 19.8 Å². The molecular formula is C25H28N2O5S. The number of carbonyl (C=O) groups excluding carboxylic acids is 1. The zero-order valence-corrected chi connectivity index (χ0v) is 19.4. The molecule has 0 radical (unpaired) electrons. The van der Waals surface area contributed by atoms with Crippen LogP contribution in [0.25, 0.3) is 10.8 Å². The van der Waals surface area contributed by atoms with Gasteiger partial charge in [-0.3, -0.25) is 4.79 Å². The average Bonchev–Trinajstić information content (AvgIpc) is 3.38. The Morgan fingerprint density at radius 1 is 0.970 bits per heavy atom. The molecule has 1 fully saturated rings. The van der Waals surface area contributed by atoms with Gasteiger partial charge < -0.3 is 14.8 Å². The second kappa shape index (κ2) is 10.2. The van der Waals surface area contributed by atoms with Crippen molar-refractivity contribution in [3.63, 3.8) is 0 Å². The molecule has 1 N–H and O–H groups in total. The molecule has 3 aromatic rings. The maximum Gasteiger partial charge on any atom is 0.260 e. The van der Waals surface area contributed by atoms with Gasteiger partial charge in [-0.25, -0.2) is 8.42 Å². The topological polar surface area (TPSA) is 84.9 Å². The lowest BCUT2D eigenvalue weighted by molar-refractivity contribution is -0.127. The van der Waals surface area contributed by atoms with Crippen molar-refractivity contribution in [1.29, 1.82) is 0 Å². The Kier molecular flexibility index (Phi) is 7.15. The molecule has 0 spiro atoms.